The first kappa shape index (κ1) is 19.3. The molecule has 2 heterocycles. The third kappa shape index (κ3) is 4.17. The lowest BCUT2D eigenvalue weighted by Crippen LogP contribution is -2.38. The minimum absolute atomic E-state index is 0.122. The molecule has 1 aliphatic rings. The van der Waals surface area contributed by atoms with Crippen LogP contribution in [0.2, 0.25) is 0 Å². The van der Waals surface area contributed by atoms with Gasteiger partial charge in [-0.05, 0) is 29.8 Å². The fourth-order valence-electron chi connectivity index (χ4n) is 3.47. The topological polar surface area (TPSA) is 67.6 Å². The Morgan fingerprint density at radius 1 is 1.14 bits per heavy atom. The highest BCUT2D eigenvalue weighted by molar-refractivity contribution is 9.10. The highest BCUT2D eigenvalue weighted by atomic mass is 79.9. The molecule has 1 aliphatic heterocycles. The molecular weight excluding hydrogens is 422 g/mol. The van der Waals surface area contributed by atoms with Gasteiger partial charge in [0.15, 0.2) is 0 Å². The molecule has 6 nitrogen and oxygen atoms in total. The van der Waals surface area contributed by atoms with Gasteiger partial charge in [-0.3, -0.25) is 14.3 Å². The summed E-state index contributed by atoms with van der Waals surface area (Å²) in [6.45, 7) is 3.67. The molecule has 1 N–H and O–H groups in total. The summed E-state index contributed by atoms with van der Waals surface area (Å²) in [7, 11) is 0. The first-order valence-electron chi connectivity index (χ1n) is 9.34. The second kappa shape index (κ2) is 8.53. The molecule has 0 saturated carbocycles. The van der Waals surface area contributed by atoms with Crippen molar-refractivity contribution in [3.05, 3.63) is 74.7 Å². The lowest BCUT2D eigenvalue weighted by molar-refractivity contribution is 0.0319. The summed E-state index contributed by atoms with van der Waals surface area (Å²) in [5, 5.41) is 11.3. The van der Waals surface area contributed by atoms with E-state index in [4.69, 9.17) is 9.72 Å². The number of hydrogen-bond donors (Lipinski definition) is 1. The second-order valence-electron chi connectivity index (χ2n) is 6.92. The van der Waals surface area contributed by atoms with E-state index in [9.17, 15) is 9.90 Å². The third-order valence-electron chi connectivity index (χ3n) is 5.00. The van der Waals surface area contributed by atoms with Gasteiger partial charge >= 0.3 is 0 Å². The zero-order valence-corrected chi connectivity index (χ0v) is 17.0. The maximum atomic E-state index is 13.2. The van der Waals surface area contributed by atoms with E-state index in [2.05, 4.69) is 20.8 Å². The maximum absolute atomic E-state index is 13.2. The van der Waals surface area contributed by atoms with E-state index in [-0.39, 0.29) is 12.1 Å². The number of nitrogens with zero attached hydrogens (tertiary/aromatic N) is 3. The molecular formula is C21H22BrN3O3. The zero-order valence-electron chi connectivity index (χ0n) is 15.4. The highest BCUT2D eigenvalue weighted by Crippen LogP contribution is 2.20. The number of para-hydroxylation sites is 1. The maximum Gasteiger partial charge on any atom is 0.261 e. The first-order chi connectivity index (χ1) is 13.6. The number of fused-ring (bicyclic) bond motifs is 1. The Morgan fingerprint density at radius 3 is 2.71 bits per heavy atom. The molecule has 1 saturated heterocycles. The van der Waals surface area contributed by atoms with Crippen LogP contribution in [0, 0.1) is 0 Å². The van der Waals surface area contributed by atoms with Crippen molar-refractivity contribution in [1.29, 1.82) is 0 Å². The van der Waals surface area contributed by atoms with Crippen LogP contribution in [0.5, 0.6) is 0 Å². The molecule has 28 heavy (non-hydrogen) atoms. The van der Waals surface area contributed by atoms with Crippen LogP contribution in [0.1, 0.15) is 17.5 Å². The van der Waals surface area contributed by atoms with Gasteiger partial charge in [0.05, 0.1) is 43.3 Å². The quantitative estimate of drug-likeness (QED) is 0.656. The number of aromatic nitrogens is 2. The second-order valence-corrected chi connectivity index (χ2v) is 7.84. The van der Waals surface area contributed by atoms with Crippen LogP contribution in [-0.2, 0) is 17.8 Å². The average molecular weight is 444 g/mol. The number of ether oxygens (including phenoxy) is 1. The van der Waals surface area contributed by atoms with Crippen LogP contribution < -0.4 is 5.56 Å². The van der Waals surface area contributed by atoms with Crippen molar-refractivity contribution in [2.24, 2.45) is 0 Å². The van der Waals surface area contributed by atoms with E-state index in [1.54, 1.807) is 10.6 Å². The molecule has 0 spiro atoms. The first-order valence-corrected chi connectivity index (χ1v) is 10.1. The van der Waals surface area contributed by atoms with Gasteiger partial charge < -0.3 is 9.84 Å². The molecule has 4 rings (SSSR count). The van der Waals surface area contributed by atoms with E-state index in [0.29, 0.717) is 36.5 Å². The molecule has 3 aromatic rings. The van der Waals surface area contributed by atoms with E-state index in [1.807, 2.05) is 42.5 Å². The van der Waals surface area contributed by atoms with Gasteiger partial charge in [0.1, 0.15) is 5.82 Å². The molecule has 0 unspecified atom stereocenters. The fourth-order valence-corrected chi connectivity index (χ4v) is 3.89. The summed E-state index contributed by atoms with van der Waals surface area (Å²) in [6, 6.07) is 14.9. The predicted octanol–water partition coefficient (Wildman–Crippen LogP) is 2.72. The van der Waals surface area contributed by atoms with Gasteiger partial charge in [-0.25, -0.2) is 4.98 Å². The molecule has 0 amide bonds. The molecule has 1 fully saturated rings. The number of hydrogen-bond acceptors (Lipinski definition) is 5. The van der Waals surface area contributed by atoms with Gasteiger partial charge in [-0.2, -0.15) is 0 Å². The van der Waals surface area contributed by atoms with Crippen LogP contribution >= 0.6 is 15.9 Å². The number of aliphatic hydroxyl groups excluding tert-OH is 1. The number of halogens is 1. The normalized spacial score (nSPS) is 16.4. The fraction of sp³-hybridized carbons (Fsp3) is 0.333. The molecule has 2 aromatic carbocycles. The smallest absolute Gasteiger partial charge is 0.261 e. The Hall–Kier alpha value is -2.06. The number of rotatable bonds is 5. The Balaban J connectivity index is 1.72. The molecule has 146 valence electrons. The standard InChI is InChI=1S/C21H22BrN3O3/c22-16-5-3-4-15(12-16)19(26)13-25-20(14-24-8-10-28-11-9-24)23-18-7-2-1-6-17(18)21(25)27/h1-7,12,19,26H,8-11,13-14H2/t19-/m0/s1. The van der Waals surface area contributed by atoms with Gasteiger partial charge in [0.25, 0.3) is 5.56 Å². The van der Waals surface area contributed by atoms with Crippen LogP contribution in [0.25, 0.3) is 10.9 Å². The molecule has 1 aromatic heterocycles. The summed E-state index contributed by atoms with van der Waals surface area (Å²) in [5.41, 5.74) is 1.32. The lowest BCUT2D eigenvalue weighted by atomic mass is 10.1. The number of benzene rings is 2. The van der Waals surface area contributed by atoms with E-state index in [0.717, 1.165) is 23.1 Å². The number of morpholine rings is 1. The molecule has 7 heteroatoms. The third-order valence-corrected chi connectivity index (χ3v) is 5.49. The van der Waals surface area contributed by atoms with Gasteiger partial charge in [-0.15, -0.1) is 0 Å². The van der Waals surface area contributed by atoms with Gasteiger partial charge in [-0.1, -0.05) is 40.2 Å². The van der Waals surface area contributed by atoms with Crippen LogP contribution in [0.4, 0.5) is 0 Å². The van der Waals surface area contributed by atoms with Crippen LogP contribution in [0.3, 0.4) is 0 Å². The Bertz CT molecular complexity index is 1030. The summed E-state index contributed by atoms with van der Waals surface area (Å²) >= 11 is 3.43. The lowest BCUT2D eigenvalue weighted by Gasteiger charge is -2.27. The van der Waals surface area contributed by atoms with E-state index in [1.165, 1.54) is 0 Å². The molecule has 1 atom stereocenters. The highest BCUT2D eigenvalue weighted by Gasteiger charge is 2.19. The van der Waals surface area contributed by atoms with Crippen LogP contribution in [-0.4, -0.2) is 45.9 Å². The monoisotopic (exact) mass is 443 g/mol. The predicted molar refractivity (Wildman–Crippen MR) is 111 cm³/mol. The summed E-state index contributed by atoms with van der Waals surface area (Å²) in [4.78, 5) is 20.2. The van der Waals surface area contributed by atoms with E-state index < -0.39 is 6.10 Å². The largest absolute Gasteiger partial charge is 0.387 e. The Morgan fingerprint density at radius 2 is 1.93 bits per heavy atom. The minimum Gasteiger partial charge on any atom is -0.387 e. The van der Waals surface area contributed by atoms with Crippen molar-refractivity contribution in [2.75, 3.05) is 26.3 Å². The van der Waals surface area contributed by atoms with Crippen molar-refractivity contribution < 1.29 is 9.84 Å². The van der Waals surface area contributed by atoms with Crippen LogP contribution in [0.15, 0.2) is 57.8 Å². The van der Waals surface area contributed by atoms with Crippen molar-refractivity contribution in [2.45, 2.75) is 19.2 Å². The number of aliphatic hydroxyl groups is 1. The summed E-state index contributed by atoms with van der Waals surface area (Å²) < 4.78 is 7.92. The zero-order chi connectivity index (χ0) is 19.5. The van der Waals surface area contributed by atoms with Crippen molar-refractivity contribution in [1.82, 2.24) is 14.5 Å². The SMILES string of the molecule is O=c1c2ccccc2nc(CN2CCOCC2)n1C[C@H](O)c1cccc(Br)c1. The molecule has 0 radical (unpaired) electrons. The Labute approximate surface area is 171 Å². The van der Waals surface area contributed by atoms with Crippen molar-refractivity contribution in [3.63, 3.8) is 0 Å². The summed E-state index contributed by atoms with van der Waals surface area (Å²) in [5.74, 6) is 0.666. The molecule has 0 aliphatic carbocycles. The molecule has 0 bridgehead atoms. The van der Waals surface area contributed by atoms with Gasteiger partial charge in [0.2, 0.25) is 0 Å². The van der Waals surface area contributed by atoms with Crippen molar-refractivity contribution >= 4 is 26.8 Å². The van der Waals surface area contributed by atoms with Gasteiger partial charge in [0, 0.05) is 17.6 Å². The van der Waals surface area contributed by atoms with E-state index >= 15 is 0 Å². The Kier molecular flexibility index (Phi) is 5.87. The summed E-state index contributed by atoms with van der Waals surface area (Å²) in [6.07, 6.45) is -0.804. The minimum atomic E-state index is -0.804. The average Bonchev–Trinajstić information content (AvgIpc) is 2.71. The van der Waals surface area contributed by atoms with Crippen molar-refractivity contribution in [3.8, 4) is 0 Å².